The van der Waals surface area contributed by atoms with Gasteiger partial charge in [0.2, 0.25) is 5.91 Å². The van der Waals surface area contributed by atoms with Gasteiger partial charge in [-0.3, -0.25) is 19.3 Å². The fourth-order valence-electron chi connectivity index (χ4n) is 2.59. The SMILES string of the molecule is CCCCc1ccc(NC(=O)CN2C(=O)C(=O)N(CCC)C2=O)cc1. The minimum absolute atomic E-state index is 0.167. The van der Waals surface area contributed by atoms with Crippen LogP contribution in [0.5, 0.6) is 0 Å². The molecule has 2 rings (SSSR count). The summed E-state index contributed by atoms with van der Waals surface area (Å²) in [6.45, 7) is 3.62. The topological polar surface area (TPSA) is 86.8 Å². The molecule has 1 N–H and O–H groups in total. The molecule has 7 heteroatoms. The molecule has 7 nitrogen and oxygen atoms in total. The van der Waals surface area contributed by atoms with E-state index in [4.69, 9.17) is 0 Å². The van der Waals surface area contributed by atoms with Crippen LogP contribution in [0.25, 0.3) is 0 Å². The Morgan fingerprint density at radius 2 is 1.60 bits per heavy atom. The molecule has 0 aromatic heterocycles. The van der Waals surface area contributed by atoms with Crippen molar-refractivity contribution in [1.29, 1.82) is 0 Å². The maximum Gasteiger partial charge on any atom is 0.334 e. The summed E-state index contributed by atoms with van der Waals surface area (Å²) in [4.78, 5) is 49.4. The highest BCUT2D eigenvalue weighted by atomic mass is 16.2. The van der Waals surface area contributed by atoms with Crippen molar-refractivity contribution in [2.24, 2.45) is 0 Å². The molecule has 1 aliphatic rings. The average Bonchev–Trinajstić information content (AvgIpc) is 2.79. The highest BCUT2D eigenvalue weighted by Gasteiger charge is 2.44. The molecule has 1 aromatic carbocycles. The highest BCUT2D eigenvalue weighted by molar-refractivity contribution is 6.45. The molecule has 1 aromatic rings. The number of nitrogens with one attached hydrogen (secondary N) is 1. The van der Waals surface area contributed by atoms with Gasteiger partial charge in [0.25, 0.3) is 0 Å². The van der Waals surface area contributed by atoms with Gasteiger partial charge in [0.15, 0.2) is 0 Å². The summed E-state index contributed by atoms with van der Waals surface area (Å²) in [6, 6.07) is 6.70. The van der Waals surface area contributed by atoms with Gasteiger partial charge in [-0.25, -0.2) is 9.69 Å². The molecule has 25 heavy (non-hydrogen) atoms. The number of aryl methyl sites for hydroxylation is 1. The van der Waals surface area contributed by atoms with Crippen molar-refractivity contribution >= 4 is 29.4 Å². The van der Waals surface area contributed by atoms with Crippen LogP contribution in [-0.4, -0.2) is 46.6 Å². The fraction of sp³-hybridized carbons (Fsp3) is 0.444. The van der Waals surface area contributed by atoms with Gasteiger partial charge in [-0.1, -0.05) is 32.4 Å². The van der Waals surface area contributed by atoms with Crippen LogP contribution in [0.4, 0.5) is 10.5 Å². The van der Waals surface area contributed by atoms with E-state index in [1.807, 2.05) is 12.1 Å². The number of nitrogens with zero attached hydrogens (tertiary/aromatic N) is 2. The lowest BCUT2D eigenvalue weighted by Crippen LogP contribution is -2.39. The molecule has 134 valence electrons. The van der Waals surface area contributed by atoms with Crippen LogP contribution < -0.4 is 5.32 Å². The van der Waals surface area contributed by atoms with Crippen LogP contribution in [0.2, 0.25) is 0 Å². The van der Waals surface area contributed by atoms with E-state index >= 15 is 0 Å². The van der Waals surface area contributed by atoms with Crippen molar-refractivity contribution in [2.75, 3.05) is 18.4 Å². The molecule has 0 atom stereocenters. The van der Waals surface area contributed by atoms with Crippen molar-refractivity contribution in [3.8, 4) is 0 Å². The zero-order valence-electron chi connectivity index (χ0n) is 14.6. The van der Waals surface area contributed by atoms with Gasteiger partial charge < -0.3 is 5.32 Å². The minimum Gasteiger partial charge on any atom is -0.325 e. The number of rotatable bonds is 8. The van der Waals surface area contributed by atoms with Gasteiger partial charge in [0.05, 0.1) is 0 Å². The molecule has 5 amide bonds. The van der Waals surface area contributed by atoms with E-state index in [0.29, 0.717) is 17.0 Å². The van der Waals surface area contributed by atoms with E-state index in [9.17, 15) is 19.2 Å². The number of imide groups is 2. The number of hydrogen-bond acceptors (Lipinski definition) is 4. The van der Waals surface area contributed by atoms with Crippen LogP contribution >= 0.6 is 0 Å². The molecule has 0 spiro atoms. The zero-order chi connectivity index (χ0) is 18.4. The number of anilines is 1. The predicted octanol–water partition coefficient (Wildman–Crippen LogP) is 2.17. The van der Waals surface area contributed by atoms with Gasteiger partial charge in [-0.15, -0.1) is 0 Å². The summed E-state index contributed by atoms with van der Waals surface area (Å²) in [5, 5.41) is 2.64. The van der Waals surface area contributed by atoms with Crippen LogP contribution in [0.15, 0.2) is 24.3 Å². The van der Waals surface area contributed by atoms with Crippen molar-refractivity contribution in [1.82, 2.24) is 9.80 Å². The van der Waals surface area contributed by atoms with Crippen molar-refractivity contribution in [3.63, 3.8) is 0 Å². The normalized spacial score (nSPS) is 14.4. The fourth-order valence-corrected chi connectivity index (χ4v) is 2.59. The molecular formula is C18H23N3O4. The first-order valence-corrected chi connectivity index (χ1v) is 8.54. The molecular weight excluding hydrogens is 322 g/mol. The van der Waals surface area contributed by atoms with Crippen LogP contribution in [0.1, 0.15) is 38.7 Å². The molecule has 0 unspecified atom stereocenters. The quantitative estimate of drug-likeness (QED) is 0.578. The molecule has 1 fully saturated rings. The summed E-state index contributed by atoms with van der Waals surface area (Å²) < 4.78 is 0. The highest BCUT2D eigenvalue weighted by Crippen LogP contribution is 2.14. The third-order valence-electron chi connectivity index (χ3n) is 3.94. The van der Waals surface area contributed by atoms with Crippen LogP contribution in [0.3, 0.4) is 0 Å². The average molecular weight is 345 g/mol. The number of unbranched alkanes of at least 4 members (excludes halogenated alkanes) is 1. The van der Waals surface area contributed by atoms with Crippen molar-refractivity contribution in [3.05, 3.63) is 29.8 Å². The number of benzene rings is 1. The number of hydrogen-bond donors (Lipinski definition) is 1. The number of carbonyl (C=O) groups is 4. The Balaban J connectivity index is 1.94. The summed E-state index contributed by atoms with van der Waals surface area (Å²) in [7, 11) is 0. The zero-order valence-corrected chi connectivity index (χ0v) is 14.6. The van der Waals surface area contributed by atoms with Gasteiger partial charge >= 0.3 is 17.8 Å². The van der Waals surface area contributed by atoms with E-state index in [2.05, 4.69) is 12.2 Å². The van der Waals surface area contributed by atoms with Crippen molar-refractivity contribution in [2.45, 2.75) is 39.5 Å². The van der Waals surface area contributed by atoms with E-state index < -0.39 is 30.3 Å². The number of carbonyl (C=O) groups excluding carboxylic acids is 4. The lowest BCUT2D eigenvalue weighted by atomic mass is 10.1. The Kier molecular flexibility index (Phi) is 6.27. The maximum absolute atomic E-state index is 12.1. The lowest BCUT2D eigenvalue weighted by Gasteiger charge is -2.14. The molecule has 1 saturated heterocycles. The van der Waals surface area contributed by atoms with Gasteiger partial charge in [0, 0.05) is 12.2 Å². The summed E-state index contributed by atoms with van der Waals surface area (Å²) >= 11 is 0. The van der Waals surface area contributed by atoms with E-state index in [1.165, 1.54) is 5.56 Å². The standard InChI is InChI=1S/C18H23N3O4/c1-3-5-6-13-7-9-14(10-8-13)19-15(22)12-21-17(24)16(23)20(11-4-2)18(21)25/h7-10H,3-6,11-12H2,1-2H3,(H,19,22). The summed E-state index contributed by atoms with van der Waals surface area (Å²) in [6.07, 6.45) is 3.75. The maximum atomic E-state index is 12.1. The Morgan fingerprint density at radius 1 is 0.960 bits per heavy atom. The van der Waals surface area contributed by atoms with Crippen molar-refractivity contribution < 1.29 is 19.2 Å². The number of amides is 5. The second-order valence-corrected chi connectivity index (χ2v) is 5.98. The van der Waals surface area contributed by atoms with Gasteiger partial charge in [-0.2, -0.15) is 0 Å². The largest absolute Gasteiger partial charge is 0.334 e. The molecule has 1 heterocycles. The molecule has 1 aliphatic heterocycles. The first-order chi connectivity index (χ1) is 12.0. The Morgan fingerprint density at radius 3 is 2.20 bits per heavy atom. The van der Waals surface area contributed by atoms with E-state index in [-0.39, 0.29) is 6.54 Å². The molecule has 0 saturated carbocycles. The molecule has 0 radical (unpaired) electrons. The van der Waals surface area contributed by atoms with Gasteiger partial charge in [-0.05, 0) is 37.0 Å². The monoisotopic (exact) mass is 345 g/mol. The lowest BCUT2D eigenvalue weighted by molar-refractivity contribution is -0.143. The van der Waals surface area contributed by atoms with Gasteiger partial charge in [0.1, 0.15) is 6.54 Å². The Hall–Kier alpha value is -2.70. The third kappa shape index (κ3) is 4.43. The second kappa shape index (κ2) is 8.41. The number of urea groups is 1. The minimum atomic E-state index is -0.955. The molecule has 0 aliphatic carbocycles. The summed E-state index contributed by atoms with van der Waals surface area (Å²) in [5.41, 5.74) is 1.77. The van der Waals surface area contributed by atoms with E-state index in [0.717, 1.165) is 24.2 Å². The smallest absolute Gasteiger partial charge is 0.325 e. The Bertz CT molecular complexity index is 669. The van der Waals surface area contributed by atoms with E-state index in [1.54, 1.807) is 19.1 Å². The third-order valence-corrected chi connectivity index (χ3v) is 3.94. The second-order valence-electron chi connectivity index (χ2n) is 5.98. The van der Waals surface area contributed by atoms with Crippen LogP contribution in [0, 0.1) is 0 Å². The predicted molar refractivity (Wildman–Crippen MR) is 92.8 cm³/mol. The van der Waals surface area contributed by atoms with Crippen LogP contribution in [-0.2, 0) is 20.8 Å². The first-order valence-electron chi connectivity index (χ1n) is 8.54. The summed E-state index contributed by atoms with van der Waals surface area (Å²) in [5.74, 6) is -2.35. The molecule has 0 bridgehead atoms. The first kappa shape index (κ1) is 18.6. The Labute approximate surface area is 147 Å².